The molecule has 0 bridgehead atoms. The van der Waals surface area contributed by atoms with Crippen LogP contribution in [0.1, 0.15) is 5.56 Å². The normalized spacial score (nSPS) is 11.4. The lowest BCUT2D eigenvalue weighted by molar-refractivity contribution is -0.137. The number of halogens is 5. The van der Waals surface area contributed by atoms with Gasteiger partial charge in [0, 0.05) is 18.2 Å². The minimum Gasteiger partial charge on any atom is -0.253 e. The molecule has 0 aromatic heterocycles. The van der Waals surface area contributed by atoms with Crippen molar-refractivity contribution in [2.75, 3.05) is 5.34 Å². The molecule has 0 aliphatic heterocycles. The molecule has 0 radical (unpaired) electrons. The molecule has 40 heavy (non-hydrogen) atoms. The Hall–Kier alpha value is -2.87. The predicted molar refractivity (Wildman–Crippen MR) is 168 cm³/mol. The van der Waals surface area contributed by atoms with E-state index in [9.17, 15) is 13.2 Å². The molecule has 0 aliphatic rings. The zero-order valence-electron chi connectivity index (χ0n) is 21.3. The summed E-state index contributed by atoms with van der Waals surface area (Å²) in [6.45, 7) is -2.88. The highest BCUT2D eigenvalue weighted by Gasteiger charge is 2.39. The topological polar surface area (TPSA) is 12.4 Å². The van der Waals surface area contributed by atoms with Crippen molar-refractivity contribution in [3.8, 4) is 0 Å². The molecule has 0 heterocycles. The maximum Gasteiger partial charge on any atom is 0.418 e. The summed E-state index contributed by atoms with van der Waals surface area (Å²) in [7, 11) is -1.25. The Morgan fingerprint density at radius 2 is 0.900 bits per heavy atom. The zero-order chi connectivity index (χ0) is 28.4. The molecular weight excluding hydrogens is 588 g/mol. The van der Waals surface area contributed by atoms with E-state index in [1.54, 1.807) is 6.07 Å². The molecule has 0 N–H and O–H groups in total. The van der Waals surface area contributed by atoms with Crippen LogP contribution in [0.3, 0.4) is 0 Å². The Balaban J connectivity index is 0.00000118. The maximum atomic E-state index is 14.2. The molecule has 0 unspecified atom stereocenters. The van der Waals surface area contributed by atoms with E-state index in [1.165, 1.54) is 12.1 Å². The summed E-state index contributed by atoms with van der Waals surface area (Å²) in [5, 5.41) is 4.21. The van der Waals surface area contributed by atoms with Crippen LogP contribution in [0.2, 0.25) is 0 Å². The standard InChI is InChI=1S/C31H24F3NP2.CH2Cl2/c32-31(33,34)29-23-13-14-24-30(29)35-37(27-19-9-3-10-20-27,28-21-11-4-12-22-28)36(25-15-5-1-6-16-25)26-17-7-2-8-18-26;2-1-3/h1-24H;1H2. The third kappa shape index (κ3) is 6.88. The summed E-state index contributed by atoms with van der Waals surface area (Å²) in [5.41, 5.74) is -0.752. The first-order valence-corrected chi connectivity index (χ1v) is 17.2. The second-order valence-electron chi connectivity index (χ2n) is 8.47. The van der Waals surface area contributed by atoms with Crippen LogP contribution >= 0.6 is 37.6 Å². The van der Waals surface area contributed by atoms with Crippen LogP contribution in [-0.4, -0.2) is 5.34 Å². The van der Waals surface area contributed by atoms with Crippen molar-refractivity contribution in [2.24, 2.45) is 4.74 Å². The Bertz CT molecular complexity index is 1450. The Morgan fingerprint density at radius 1 is 0.550 bits per heavy atom. The lowest BCUT2D eigenvalue weighted by atomic mass is 10.2. The van der Waals surface area contributed by atoms with E-state index in [-0.39, 0.29) is 11.0 Å². The summed E-state index contributed by atoms with van der Waals surface area (Å²) < 4.78 is 48.0. The van der Waals surface area contributed by atoms with Gasteiger partial charge in [0.05, 0.1) is 23.3 Å². The van der Waals surface area contributed by atoms with Crippen molar-refractivity contribution in [2.45, 2.75) is 6.18 Å². The summed E-state index contributed by atoms with van der Waals surface area (Å²) in [6, 6.07) is 45.5. The lowest BCUT2D eigenvalue weighted by Crippen LogP contribution is -2.23. The van der Waals surface area contributed by atoms with E-state index in [0.29, 0.717) is 0 Å². The molecule has 5 aromatic carbocycles. The minimum absolute atomic E-state index is 0.0320. The van der Waals surface area contributed by atoms with Crippen LogP contribution in [0.4, 0.5) is 18.9 Å². The molecule has 0 fully saturated rings. The fourth-order valence-electron chi connectivity index (χ4n) is 4.39. The van der Waals surface area contributed by atoms with Gasteiger partial charge in [-0.1, -0.05) is 133 Å². The third-order valence-corrected chi connectivity index (χ3v) is 15.5. The molecule has 0 atom stereocenters. The van der Waals surface area contributed by atoms with Gasteiger partial charge in [0.1, 0.15) is 0 Å². The Morgan fingerprint density at radius 3 is 1.30 bits per heavy atom. The van der Waals surface area contributed by atoms with Gasteiger partial charge in [0.2, 0.25) is 0 Å². The van der Waals surface area contributed by atoms with Gasteiger partial charge >= 0.3 is 6.18 Å². The number of hydrogen-bond acceptors (Lipinski definition) is 1. The lowest BCUT2D eigenvalue weighted by Gasteiger charge is -2.35. The van der Waals surface area contributed by atoms with Gasteiger partial charge in [0.15, 0.2) is 0 Å². The average molecular weight is 614 g/mol. The van der Waals surface area contributed by atoms with Crippen molar-refractivity contribution in [3.63, 3.8) is 0 Å². The van der Waals surface area contributed by atoms with Crippen LogP contribution in [0, 0.1) is 0 Å². The molecule has 0 saturated carbocycles. The van der Waals surface area contributed by atoms with E-state index in [1.807, 2.05) is 97.1 Å². The van der Waals surface area contributed by atoms with E-state index in [0.717, 1.165) is 27.3 Å². The van der Waals surface area contributed by atoms with Crippen molar-refractivity contribution in [1.82, 2.24) is 0 Å². The second kappa shape index (κ2) is 14.2. The van der Waals surface area contributed by atoms with Gasteiger partial charge < -0.3 is 0 Å². The molecule has 1 nitrogen and oxygen atoms in total. The molecule has 0 aliphatic carbocycles. The van der Waals surface area contributed by atoms with Crippen molar-refractivity contribution >= 4 is 64.5 Å². The van der Waals surface area contributed by atoms with Crippen molar-refractivity contribution in [1.29, 1.82) is 0 Å². The van der Waals surface area contributed by atoms with Gasteiger partial charge in [-0.05, 0) is 22.7 Å². The van der Waals surface area contributed by atoms with Crippen molar-refractivity contribution < 1.29 is 13.2 Å². The number of nitrogens with zero attached hydrogens (tertiary/aromatic N) is 1. The van der Waals surface area contributed by atoms with E-state index < -0.39 is 26.1 Å². The molecule has 204 valence electrons. The van der Waals surface area contributed by atoms with Crippen LogP contribution < -0.4 is 21.2 Å². The van der Waals surface area contributed by atoms with Crippen molar-refractivity contribution in [3.05, 3.63) is 151 Å². The fraction of sp³-hybridized carbons (Fsp3) is 0.0625. The number of benzene rings is 5. The number of alkyl halides is 5. The molecule has 5 rings (SSSR count). The van der Waals surface area contributed by atoms with Gasteiger partial charge in [0.25, 0.3) is 0 Å². The fourth-order valence-corrected chi connectivity index (χ4v) is 14.6. The summed E-state index contributed by atoms with van der Waals surface area (Å²) in [4.78, 5) is 0. The quantitative estimate of drug-likeness (QED) is 0.133. The smallest absolute Gasteiger partial charge is 0.253 e. The second-order valence-corrected chi connectivity index (χ2v) is 16.3. The molecule has 5 aromatic rings. The minimum atomic E-state index is -4.52. The highest BCUT2D eigenvalue weighted by atomic mass is 35.5. The van der Waals surface area contributed by atoms with E-state index in [2.05, 4.69) is 24.3 Å². The zero-order valence-corrected chi connectivity index (χ0v) is 24.6. The van der Waals surface area contributed by atoms with Gasteiger partial charge in [-0.3, -0.25) is 4.74 Å². The monoisotopic (exact) mass is 613 g/mol. The molecule has 0 spiro atoms. The predicted octanol–water partition coefficient (Wildman–Crippen LogP) is 9.66. The largest absolute Gasteiger partial charge is 0.418 e. The summed E-state index contributed by atoms with van der Waals surface area (Å²) in [5.74, 6) is 0. The highest BCUT2D eigenvalue weighted by molar-refractivity contribution is 8.45. The van der Waals surface area contributed by atoms with E-state index in [4.69, 9.17) is 27.9 Å². The van der Waals surface area contributed by atoms with Crippen LogP contribution in [0.15, 0.2) is 150 Å². The van der Waals surface area contributed by atoms with Crippen LogP contribution in [0.25, 0.3) is 0 Å². The molecular formula is C32H26Cl2F3NP2. The van der Waals surface area contributed by atoms with Gasteiger partial charge in [-0.25, -0.2) is 0 Å². The average Bonchev–Trinajstić information content (AvgIpc) is 2.99. The van der Waals surface area contributed by atoms with Gasteiger partial charge in [-0.15, -0.1) is 23.2 Å². The van der Waals surface area contributed by atoms with Crippen LogP contribution in [-0.2, 0) is 6.18 Å². The van der Waals surface area contributed by atoms with E-state index >= 15 is 0 Å². The highest BCUT2D eigenvalue weighted by Crippen LogP contribution is 2.75. The summed E-state index contributed by atoms with van der Waals surface area (Å²) >= 11 is 9.53. The van der Waals surface area contributed by atoms with Gasteiger partial charge in [-0.2, -0.15) is 13.2 Å². The number of hydrogen-bond donors (Lipinski definition) is 0. The Kier molecular flexibility index (Phi) is 10.6. The molecule has 0 amide bonds. The maximum absolute atomic E-state index is 14.2. The SMILES string of the molecule is ClCCl.FC(F)(F)c1ccccc1N=P(c1ccccc1)(c1ccccc1)P(c1ccccc1)c1ccccc1. The Labute approximate surface area is 244 Å². The first-order chi connectivity index (χ1) is 19.4. The number of rotatable bonds is 6. The first kappa shape index (κ1) is 30.1. The van der Waals surface area contributed by atoms with Crippen LogP contribution in [0.5, 0.6) is 0 Å². The first-order valence-electron chi connectivity index (χ1n) is 12.3. The third-order valence-electron chi connectivity index (χ3n) is 5.99. The summed E-state index contributed by atoms with van der Waals surface area (Å²) in [6.07, 6.45) is -4.52. The molecule has 8 heteroatoms. The molecule has 0 saturated heterocycles.